The highest BCUT2D eigenvalue weighted by atomic mass is 35.5. The van der Waals surface area contributed by atoms with Gasteiger partial charge in [0.05, 0.1) is 5.52 Å². The Morgan fingerprint density at radius 2 is 2.00 bits per heavy atom. The Bertz CT molecular complexity index is 573. The van der Waals surface area contributed by atoms with Crippen LogP contribution in [-0.2, 0) is 0 Å². The number of fused-ring (bicyclic) bond motifs is 1. The molecule has 1 aromatic heterocycles. The molecule has 1 aliphatic rings. The molecule has 2 aromatic rings. The number of hydrogen-bond acceptors (Lipinski definition) is 4. The monoisotopic (exact) mass is 262 g/mol. The zero-order valence-electron chi connectivity index (χ0n) is 9.99. The van der Waals surface area contributed by atoms with Crippen LogP contribution in [0.1, 0.15) is 0 Å². The van der Waals surface area contributed by atoms with E-state index in [1.165, 1.54) is 0 Å². The number of benzene rings is 1. The van der Waals surface area contributed by atoms with Crippen molar-refractivity contribution in [3.05, 3.63) is 29.3 Å². The van der Waals surface area contributed by atoms with Gasteiger partial charge in [-0.1, -0.05) is 11.6 Å². The quantitative estimate of drug-likeness (QED) is 0.824. The van der Waals surface area contributed by atoms with E-state index in [9.17, 15) is 0 Å². The second-order valence-electron chi connectivity index (χ2n) is 4.46. The summed E-state index contributed by atoms with van der Waals surface area (Å²) in [4.78, 5) is 6.68. The molecule has 0 spiro atoms. The number of nitrogens with one attached hydrogen (secondary N) is 1. The minimum absolute atomic E-state index is 0.540. The third-order valence-electron chi connectivity index (χ3n) is 3.23. The molecule has 0 aliphatic carbocycles. The average molecular weight is 263 g/mol. The summed E-state index contributed by atoms with van der Waals surface area (Å²) in [6.45, 7) is 3.97. The van der Waals surface area contributed by atoms with E-state index in [1.807, 2.05) is 24.3 Å². The number of nitrogen functional groups attached to an aromatic ring is 1. The van der Waals surface area contributed by atoms with E-state index in [0.717, 1.165) is 42.8 Å². The number of aromatic nitrogens is 1. The second-order valence-corrected chi connectivity index (χ2v) is 4.90. The summed E-state index contributed by atoms with van der Waals surface area (Å²) in [5.74, 6) is 0.540. The maximum atomic E-state index is 6.00. The van der Waals surface area contributed by atoms with Crippen molar-refractivity contribution in [2.75, 3.05) is 36.8 Å². The third-order valence-corrected chi connectivity index (χ3v) is 3.46. The van der Waals surface area contributed by atoms with Gasteiger partial charge in [0.2, 0.25) is 0 Å². The molecular weight excluding hydrogens is 248 g/mol. The molecule has 4 nitrogen and oxygen atoms in total. The minimum Gasteiger partial charge on any atom is -0.384 e. The number of rotatable bonds is 1. The van der Waals surface area contributed by atoms with Gasteiger partial charge in [-0.15, -0.1) is 0 Å². The summed E-state index contributed by atoms with van der Waals surface area (Å²) < 4.78 is 0. The van der Waals surface area contributed by atoms with Gasteiger partial charge in [-0.3, -0.25) is 0 Å². The van der Waals surface area contributed by atoms with Crippen molar-refractivity contribution in [3.8, 4) is 0 Å². The fraction of sp³-hybridized carbons (Fsp3) is 0.308. The molecule has 1 saturated heterocycles. The van der Waals surface area contributed by atoms with Crippen LogP contribution in [0.2, 0.25) is 5.02 Å². The number of piperazine rings is 1. The summed E-state index contributed by atoms with van der Waals surface area (Å²) >= 11 is 6.00. The van der Waals surface area contributed by atoms with Gasteiger partial charge in [-0.05, 0) is 18.2 Å². The molecule has 3 rings (SSSR count). The standard InChI is InChI=1S/C13H15ClN4/c14-9-1-2-10-11(7-9)17-13(15)8-12(10)18-5-3-16-4-6-18/h1-2,7-8,16H,3-6H2,(H2,15,17). The van der Waals surface area contributed by atoms with Gasteiger partial charge in [-0.25, -0.2) is 4.98 Å². The van der Waals surface area contributed by atoms with Gasteiger partial charge in [0, 0.05) is 48.3 Å². The Hall–Kier alpha value is -1.52. The van der Waals surface area contributed by atoms with E-state index in [-0.39, 0.29) is 0 Å². The molecule has 1 fully saturated rings. The number of pyridine rings is 1. The molecule has 2 heterocycles. The molecular formula is C13H15ClN4. The lowest BCUT2D eigenvalue weighted by Gasteiger charge is -2.30. The summed E-state index contributed by atoms with van der Waals surface area (Å²) in [7, 11) is 0. The van der Waals surface area contributed by atoms with Crippen molar-refractivity contribution in [3.63, 3.8) is 0 Å². The van der Waals surface area contributed by atoms with Crippen molar-refractivity contribution in [2.24, 2.45) is 0 Å². The fourth-order valence-corrected chi connectivity index (χ4v) is 2.54. The topological polar surface area (TPSA) is 54.2 Å². The van der Waals surface area contributed by atoms with Crippen LogP contribution in [0, 0.1) is 0 Å². The number of nitrogens with two attached hydrogens (primary N) is 1. The molecule has 3 N–H and O–H groups in total. The van der Waals surface area contributed by atoms with Gasteiger partial charge in [0.25, 0.3) is 0 Å². The molecule has 1 aromatic carbocycles. The summed E-state index contributed by atoms with van der Waals surface area (Å²) in [6.07, 6.45) is 0. The Labute approximate surface area is 111 Å². The molecule has 5 heteroatoms. The summed E-state index contributed by atoms with van der Waals surface area (Å²) in [6, 6.07) is 7.72. The SMILES string of the molecule is Nc1cc(N2CCNCC2)c2ccc(Cl)cc2n1. The largest absolute Gasteiger partial charge is 0.384 e. The molecule has 0 radical (unpaired) electrons. The smallest absolute Gasteiger partial charge is 0.126 e. The van der Waals surface area contributed by atoms with Crippen LogP contribution in [0.25, 0.3) is 10.9 Å². The van der Waals surface area contributed by atoms with E-state index in [0.29, 0.717) is 10.8 Å². The van der Waals surface area contributed by atoms with Crippen LogP contribution in [0.5, 0.6) is 0 Å². The zero-order chi connectivity index (χ0) is 12.5. The Morgan fingerprint density at radius 1 is 1.22 bits per heavy atom. The highest BCUT2D eigenvalue weighted by Gasteiger charge is 2.14. The fourth-order valence-electron chi connectivity index (χ4n) is 2.37. The Kier molecular flexibility index (Phi) is 2.97. The van der Waals surface area contributed by atoms with E-state index in [2.05, 4.69) is 15.2 Å². The molecule has 0 saturated carbocycles. The van der Waals surface area contributed by atoms with Crippen molar-refractivity contribution < 1.29 is 0 Å². The van der Waals surface area contributed by atoms with E-state index >= 15 is 0 Å². The first-order valence-electron chi connectivity index (χ1n) is 6.05. The number of nitrogens with zero attached hydrogens (tertiary/aromatic N) is 2. The maximum Gasteiger partial charge on any atom is 0.126 e. The predicted octanol–water partition coefficient (Wildman–Crippen LogP) is 1.88. The van der Waals surface area contributed by atoms with Crippen LogP contribution in [0.15, 0.2) is 24.3 Å². The number of hydrogen-bond donors (Lipinski definition) is 2. The lowest BCUT2D eigenvalue weighted by Crippen LogP contribution is -2.43. The lowest BCUT2D eigenvalue weighted by atomic mass is 10.1. The van der Waals surface area contributed by atoms with Crippen LogP contribution in [0.3, 0.4) is 0 Å². The Morgan fingerprint density at radius 3 is 2.78 bits per heavy atom. The van der Waals surface area contributed by atoms with Crippen molar-refractivity contribution in [1.82, 2.24) is 10.3 Å². The molecule has 1 aliphatic heterocycles. The highest BCUT2D eigenvalue weighted by Crippen LogP contribution is 2.29. The van der Waals surface area contributed by atoms with E-state index in [1.54, 1.807) is 0 Å². The first-order chi connectivity index (χ1) is 8.74. The first-order valence-corrected chi connectivity index (χ1v) is 6.43. The summed E-state index contributed by atoms with van der Waals surface area (Å²) in [5, 5.41) is 5.14. The maximum absolute atomic E-state index is 6.00. The van der Waals surface area contributed by atoms with Gasteiger partial charge in [-0.2, -0.15) is 0 Å². The molecule has 0 unspecified atom stereocenters. The predicted molar refractivity (Wildman–Crippen MR) is 76.2 cm³/mol. The van der Waals surface area contributed by atoms with Gasteiger partial charge >= 0.3 is 0 Å². The number of anilines is 2. The van der Waals surface area contributed by atoms with Crippen molar-refractivity contribution >= 4 is 34.0 Å². The average Bonchev–Trinajstić information content (AvgIpc) is 2.38. The third kappa shape index (κ3) is 2.09. The van der Waals surface area contributed by atoms with Gasteiger partial charge in [0.1, 0.15) is 5.82 Å². The van der Waals surface area contributed by atoms with Crippen LogP contribution >= 0.6 is 11.6 Å². The van der Waals surface area contributed by atoms with Crippen LogP contribution < -0.4 is 16.0 Å². The van der Waals surface area contributed by atoms with E-state index < -0.39 is 0 Å². The molecule has 0 atom stereocenters. The molecule has 0 bridgehead atoms. The van der Waals surface area contributed by atoms with Crippen molar-refractivity contribution in [2.45, 2.75) is 0 Å². The minimum atomic E-state index is 0.540. The lowest BCUT2D eigenvalue weighted by molar-refractivity contribution is 0.590. The normalized spacial score (nSPS) is 16.2. The molecule has 18 heavy (non-hydrogen) atoms. The van der Waals surface area contributed by atoms with Crippen molar-refractivity contribution in [1.29, 1.82) is 0 Å². The van der Waals surface area contributed by atoms with Gasteiger partial charge in [0.15, 0.2) is 0 Å². The highest BCUT2D eigenvalue weighted by molar-refractivity contribution is 6.31. The second kappa shape index (κ2) is 4.63. The van der Waals surface area contributed by atoms with Crippen LogP contribution in [-0.4, -0.2) is 31.2 Å². The van der Waals surface area contributed by atoms with Crippen LogP contribution in [0.4, 0.5) is 11.5 Å². The van der Waals surface area contributed by atoms with E-state index in [4.69, 9.17) is 17.3 Å². The summed E-state index contributed by atoms with van der Waals surface area (Å²) in [5.41, 5.74) is 7.89. The molecule has 0 amide bonds. The van der Waals surface area contributed by atoms with Gasteiger partial charge < -0.3 is 16.0 Å². The number of halogens is 1. The Balaban J connectivity index is 2.14. The zero-order valence-corrected chi connectivity index (χ0v) is 10.7. The molecule has 94 valence electrons. The first kappa shape index (κ1) is 11.6.